The SMILES string of the molecule is C/C(=C\C(=O)N(CC#N)C1CC1)C12CC3CC(CC(C3)C1)C2. The molecule has 0 aliphatic heterocycles. The van der Waals surface area contributed by atoms with Crippen molar-refractivity contribution in [1.82, 2.24) is 4.90 Å². The number of carbonyl (C=O) groups is 1. The summed E-state index contributed by atoms with van der Waals surface area (Å²) in [5.74, 6) is 2.80. The molecule has 0 atom stereocenters. The lowest BCUT2D eigenvalue weighted by atomic mass is 9.48. The highest BCUT2D eigenvalue weighted by molar-refractivity contribution is 5.89. The molecule has 0 N–H and O–H groups in total. The molecule has 0 aromatic heterocycles. The van der Waals surface area contributed by atoms with Gasteiger partial charge in [-0.05, 0) is 81.5 Å². The summed E-state index contributed by atoms with van der Waals surface area (Å²) in [7, 11) is 0. The quantitative estimate of drug-likeness (QED) is 0.587. The van der Waals surface area contributed by atoms with Crippen molar-refractivity contribution in [2.75, 3.05) is 6.54 Å². The topological polar surface area (TPSA) is 44.1 Å². The van der Waals surface area contributed by atoms with Crippen molar-refractivity contribution in [3.63, 3.8) is 0 Å². The predicted molar refractivity (Wildman–Crippen MR) is 84.7 cm³/mol. The van der Waals surface area contributed by atoms with Gasteiger partial charge in [0.15, 0.2) is 0 Å². The zero-order valence-corrected chi connectivity index (χ0v) is 13.6. The summed E-state index contributed by atoms with van der Waals surface area (Å²) < 4.78 is 0. The highest BCUT2D eigenvalue weighted by atomic mass is 16.2. The minimum absolute atomic E-state index is 0.0808. The first-order valence-electron chi connectivity index (χ1n) is 8.96. The van der Waals surface area contributed by atoms with Gasteiger partial charge in [0, 0.05) is 12.1 Å². The second-order valence-electron chi connectivity index (χ2n) is 8.38. The van der Waals surface area contributed by atoms with Crippen molar-refractivity contribution < 1.29 is 4.79 Å². The van der Waals surface area contributed by atoms with Crippen molar-refractivity contribution in [2.45, 2.75) is 64.3 Å². The molecule has 0 aromatic rings. The van der Waals surface area contributed by atoms with E-state index in [1.54, 1.807) is 4.90 Å². The predicted octanol–water partition coefficient (Wildman–Crippen LogP) is 3.66. The van der Waals surface area contributed by atoms with Gasteiger partial charge in [0.2, 0.25) is 5.91 Å². The Hall–Kier alpha value is -1.30. The summed E-state index contributed by atoms with van der Waals surface area (Å²) in [6, 6.07) is 2.48. The number of rotatable bonds is 4. The average Bonchev–Trinajstić information content (AvgIpc) is 3.27. The highest BCUT2D eigenvalue weighted by Crippen LogP contribution is 2.62. The Morgan fingerprint density at radius 2 is 1.73 bits per heavy atom. The van der Waals surface area contributed by atoms with E-state index in [2.05, 4.69) is 13.0 Å². The highest BCUT2D eigenvalue weighted by Gasteiger charge is 2.51. The maximum atomic E-state index is 12.6. The fraction of sp³-hybridized carbons (Fsp3) is 0.789. The van der Waals surface area contributed by atoms with Gasteiger partial charge >= 0.3 is 0 Å². The van der Waals surface area contributed by atoms with Gasteiger partial charge in [-0.3, -0.25) is 4.79 Å². The second kappa shape index (κ2) is 5.11. The number of hydrogen-bond donors (Lipinski definition) is 0. The number of allylic oxidation sites excluding steroid dienone is 1. The number of amides is 1. The van der Waals surface area contributed by atoms with Gasteiger partial charge in [-0.25, -0.2) is 0 Å². The summed E-state index contributed by atoms with van der Waals surface area (Å²) >= 11 is 0. The molecule has 3 nitrogen and oxygen atoms in total. The third-order valence-corrected chi connectivity index (χ3v) is 6.73. The van der Waals surface area contributed by atoms with Crippen LogP contribution >= 0.6 is 0 Å². The average molecular weight is 298 g/mol. The Labute approximate surface area is 133 Å². The molecule has 0 aromatic carbocycles. The van der Waals surface area contributed by atoms with Crippen LogP contribution < -0.4 is 0 Å². The number of carbonyl (C=O) groups excluding carboxylic acids is 1. The van der Waals surface area contributed by atoms with Crippen molar-refractivity contribution in [1.29, 1.82) is 5.26 Å². The zero-order chi connectivity index (χ0) is 15.3. The van der Waals surface area contributed by atoms with Gasteiger partial charge in [-0.2, -0.15) is 5.26 Å². The van der Waals surface area contributed by atoms with Crippen molar-refractivity contribution in [3.8, 4) is 6.07 Å². The Morgan fingerprint density at radius 1 is 1.18 bits per heavy atom. The molecule has 4 bridgehead atoms. The van der Waals surface area contributed by atoms with E-state index in [1.807, 2.05) is 6.08 Å². The van der Waals surface area contributed by atoms with E-state index in [4.69, 9.17) is 5.26 Å². The molecule has 5 aliphatic rings. The van der Waals surface area contributed by atoms with Crippen molar-refractivity contribution in [2.24, 2.45) is 23.2 Å². The molecule has 118 valence electrons. The van der Waals surface area contributed by atoms with Crippen LogP contribution in [0.15, 0.2) is 11.6 Å². The summed E-state index contributed by atoms with van der Waals surface area (Å²) in [5, 5.41) is 8.96. The first-order chi connectivity index (χ1) is 10.6. The van der Waals surface area contributed by atoms with Gasteiger partial charge in [0.25, 0.3) is 0 Å². The smallest absolute Gasteiger partial charge is 0.247 e. The van der Waals surface area contributed by atoms with Gasteiger partial charge in [-0.1, -0.05) is 5.57 Å². The lowest BCUT2D eigenvalue weighted by Crippen LogP contribution is -2.46. The molecular weight excluding hydrogens is 272 g/mol. The molecule has 5 aliphatic carbocycles. The molecule has 1 amide bonds. The van der Waals surface area contributed by atoms with E-state index in [-0.39, 0.29) is 12.5 Å². The van der Waals surface area contributed by atoms with E-state index in [0.717, 1.165) is 30.6 Å². The third-order valence-electron chi connectivity index (χ3n) is 6.73. The summed E-state index contributed by atoms with van der Waals surface area (Å²) in [6.07, 6.45) is 12.2. The van der Waals surface area contributed by atoms with Gasteiger partial charge < -0.3 is 4.90 Å². The molecule has 5 fully saturated rings. The maximum Gasteiger partial charge on any atom is 0.247 e. The molecule has 3 heteroatoms. The number of nitriles is 1. The molecule has 5 saturated carbocycles. The van der Waals surface area contributed by atoms with Crippen LogP contribution in [0.1, 0.15) is 58.3 Å². The zero-order valence-electron chi connectivity index (χ0n) is 13.6. The minimum Gasteiger partial charge on any atom is -0.323 e. The van der Waals surface area contributed by atoms with Crippen LogP contribution in [0.25, 0.3) is 0 Å². The van der Waals surface area contributed by atoms with E-state index in [1.165, 1.54) is 44.1 Å². The summed E-state index contributed by atoms with van der Waals surface area (Å²) in [5.41, 5.74) is 1.62. The molecule has 0 spiro atoms. The largest absolute Gasteiger partial charge is 0.323 e. The normalized spacial score (nSPS) is 39.6. The number of hydrogen-bond acceptors (Lipinski definition) is 2. The molecule has 5 rings (SSSR count). The third kappa shape index (κ3) is 2.37. The Balaban J connectivity index is 1.54. The van der Waals surface area contributed by atoms with E-state index < -0.39 is 0 Å². The lowest BCUT2D eigenvalue weighted by Gasteiger charge is -2.57. The van der Waals surface area contributed by atoms with Gasteiger partial charge in [-0.15, -0.1) is 0 Å². The van der Waals surface area contributed by atoms with Crippen LogP contribution in [-0.2, 0) is 4.79 Å². The molecule has 0 unspecified atom stereocenters. The first-order valence-corrected chi connectivity index (χ1v) is 8.96. The van der Waals surface area contributed by atoms with Crippen LogP contribution in [0.3, 0.4) is 0 Å². The van der Waals surface area contributed by atoms with E-state index >= 15 is 0 Å². The summed E-state index contributed by atoms with van der Waals surface area (Å²) in [6.45, 7) is 2.43. The lowest BCUT2D eigenvalue weighted by molar-refractivity contribution is -0.126. The number of nitrogens with zero attached hydrogens (tertiary/aromatic N) is 2. The standard InChI is InChI=1S/C19H26N2O/c1-13(6-18(22)21(5-4-20)17-2-3-17)19-10-14-7-15(11-19)9-16(8-14)12-19/h6,14-17H,2-3,5,7-12H2,1H3/b13-6+. The van der Waals surface area contributed by atoms with Crippen molar-refractivity contribution >= 4 is 5.91 Å². The molecule has 0 radical (unpaired) electrons. The van der Waals surface area contributed by atoms with E-state index in [0.29, 0.717) is 11.5 Å². The molecule has 0 saturated heterocycles. The van der Waals surface area contributed by atoms with Crippen LogP contribution in [0, 0.1) is 34.5 Å². The maximum absolute atomic E-state index is 12.6. The van der Waals surface area contributed by atoms with Crippen LogP contribution in [0.4, 0.5) is 0 Å². The van der Waals surface area contributed by atoms with Crippen LogP contribution in [0.5, 0.6) is 0 Å². The Morgan fingerprint density at radius 3 is 2.18 bits per heavy atom. The Kier molecular flexibility index (Phi) is 3.33. The summed E-state index contributed by atoms with van der Waals surface area (Å²) in [4.78, 5) is 14.4. The first kappa shape index (κ1) is 14.3. The molecule has 22 heavy (non-hydrogen) atoms. The van der Waals surface area contributed by atoms with Gasteiger partial charge in [0.1, 0.15) is 6.54 Å². The Bertz CT molecular complexity index is 517. The molecular formula is C19H26N2O. The fourth-order valence-electron chi connectivity index (χ4n) is 5.86. The van der Waals surface area contributed by atoms with Crippen molar-refractivity contribution in [3.05, 3.63) is 11.6 Å². The van der Waals surface area contributed by atoms with Crippen LogP contribution in [0.2, 0.25) is 0 Å². The van der Waals surface area contributed by atoms with E-state index in [9.17, 15) is 4.79 Å². The molecule has 0 heterocycles. The van der Waals surface area contributed by atoms with Gasteiger partial charge in [0.05, 0.1) is 6.07 Å². The minimum atomic E-state index is 0.0808. The fourth-order valence-corrected chi connectivity index (χ4v) is 5.86. The second-order valence-corrected chi connectivity index (χ2v) is 8.38. The monoisotopic (exact) mass is 298 g/mol. The van der Waals surface area contributed by atoms with Crippen LogP contribution in [-0.4, -0.2) is 23.4 Å².